The van der Waals surface area contributed by atoms with Crippen molar-refractivity contribution in [1.82, 2.24) is 4.72 Å². The number of aryl methyl sites for hydroxylation is 1. The molecule has 0 saturated carbocycles. The standard InChI is InChI=1S/C18H23NO4S/c1-4-14-5-7-18(8-6-14)24(20,21)19-10-9-15-11-16(22-2)13-17(12-15)23-3/h5-8,11-13,19H,4,9-10H2,1-3H3. The highest BCUT2D eigenvalue weighted by Crippen LogP contribution is 2.22. The molecule has 0 atom stereocenters. The van der Waals surface area contributed by atoms with E-state index in [-0.39, 0.29) is 4.90 Å². The van der Waals surface area contributed by atoms with Crippen LogP contribution in [0.1, 0.15) is 18.1 Å². The van der Waals surface area contributed by atoms with E-state index in [9.17, 15) is 8.42 Å². The summed E-state index contributed by atoms with van der Waals surface area (Å²) in [5.74, 6) is 1.37. The summed E-state index contributed by atoms with van der Waals surface area (Å²) in [5.41, 5.74) is 2.05. The zero-order valence-corrected chi connectivity index (χ0v) is 15.0. The highest BCUT2D eigenvalue weighted by atomic mass is 32.2. The van der Waals surface area contributed by atoms with E-state index in [0.717, 1.165) is 17.5 Å². The fourth-order valence-corrected chi connectivity index (χ4v) is 3.36. The number of nitrogens with one attached hydrogen (secondary N) is 1. The molecule has 130 valence electrons. The second kappa shape index (κ2) is 8.17. The van der Waals surface area contributed by atoms with Gasteiger partial charge in [-0.2, -0.15) is 0 Å². The molecule has 0 amide bonds. The largest absolute Gasteiger partial charge is 0.497 e. The molecule has 2 aromatic carbocycles. The number of methoxy groups -OCH3 is 2. The lowest BCUT2D eigenvalue weighted by molar-refractivity contribution is 0.393. The van der Waals surface area contributed by atoms with Gasteiger partial charge in [0, 0.05) is 12.6 Å². The molecule has 6 heteroatoms. The molecule has 1 N–H and O–H groups in total. The summed E-state index contributed by atoms with van der Waals surface area (Å²) in [6.07, 6.45) is 1.42. The van der Waals surface area contributed by atoms with Crippen molar-refractivity contribution in [3.8, 4) is 11.5 Å². The number of hydrogen-bond acceptors (Lipinski definition) is 4. The van der Waals surface area contributed by atoms with Gasteiger partial charge in [-0.3, -0.25) is 0 Å². The Morgan fingerprint density at radius 3 is 2.00 bits per heavy atom. The van der Waals surface area contributed by atoms with Crippen molar-refractivity contribution in [2.24, 2.45) is 0 Å². The summed E-state index contributed by atoms with van der Waals surface area (Å²) in [6, 6.07) is 12.5. The summed E-state index contributed by atoms with van der Waals surface area (Å²) in [6.45, 7) is 2.33. The quantitative estimate of drug-likeness (QED) is 0.796. The lowest BCUT2D eigenvalue weighted by atomic mass is 10.1. The first kappa shape index (κ1) is 18.3. The molecule has 0 spiro atoms. The van der Waals surface area contributed by atoms with Crippen molar-refractivity contribution < 1.29 is 17.9 Å². The van der Waals surface area contributed by atoms with Crippen LogP contribution in [0.15, 0.2) is 47.4 Å². The molecule has 0 radical (unpaired) electrons. The molecule has 0 heterocycles. The van der Waals surface area contributed by atoms with E-state index in [2.05, 4.69) is 4.72 Å². The topological polar surface area (TPSA) is 64.6 Å². The Hall–Kier alpha value is -2.05. The molecule has 0 unspecified atom stereocenters. The molecule has 24 heavy (non-hydrogen) atoms. The molecule has 5 nitrogen and oxygen atoms in total. The molecule has 0 aliphatic carbocycles. The molecule has 0 fully saturated rings. The molecular weight excluding hydrogens is 326 g/mol. The van der Waals surface area contributed by atoms with Crippen molar-refractivity contribution in [2.45, 2.75) is 24.7 Å². The van der Waals surface area contributed by atoms with Gasteiger partial charge < -0.3 is 9.47 Å². The van der Waals surface area contributed by atoms with E-state index in [0.29, 0.717) is 24.5 Å². The fourth-order valence-electron chi connectivity index (χ4n) is 2.33. The average molecular weight is 349 g/mol. The second-order valence-corrected chi connectivity index (χ2v) is 7.13. The first-order valence-electron chi connectivity index (χ1n) is 7.79. The summed E-state index contributed by atoms with van der Waals surface area (Å²) in [5, 5.41) is 0. The average Bonchev–Trinajstić information content (AvgIpc) is 2.61. The van der Waals surface area contributed by atoms with E-state index in [1.165, 1.54) is 0 Å². The molecule has 0 aliphatic heterocycles. The predicted octanol–water partition coefficient (Wildman–Crippen LogP) is 2.79. The fraction of sp³-hybridized carbons (Fsp3) is 0.333. The van der Waals surface area contributed by atoms with E-state index in [4.69, 9.17) is 9.47 Å². The van der Waals surface area contributed by atoms with Crippen molar-refractivity contribution in [2.75, 3.05) is 20.8 Å². The smallest absolute Gasteiger partial charge is 0.240 e. The van der Waals surface area contributed by atoms with Crippen LogP contribution < -0.4 is 14.2 Å². The Bertz CT molecular complexity index is 748. The Labute approximate surface area is 143 Å². The van der Waals surface area contributed by atoms with Crippen LogP contribution in [0.3, 0.4) is 0 Å². The molecule has 0 aromatic heterocycles. The van der Waals surface area contributed by atoms with Gasteiger partial charge >= 0.3 is 0 Å². The van der Waals surface area contributed by atoms with Crippen LogP contribution in [0.25, 0.3) is 0 Å². The number of benzene rings is 2. The van der Waals surface area contributed by atoms with Gasteiger partial charge in [0.25, 0.3) is 0 Å². The highest BCUT2D eigenvalue weighted by Gasteiger charge is 2.13. The van der Waals surface area contributed by atoms with Gasteiger partial charge in [0.15, 0.2) is 0 Å². The van der Waals surface area contributed by atoms with Crippen molar-refractivity contribution >= 4 is 10.0 Å². The third-order valence-electron chi connectivity index (χ3n) is 3.76. The van der Waals surface area contributed by atoms with Gasteiger partial charge in [-0.05, 0) is 48.2 Å². The molecule has 0 aliphatic rings. The van der Waals surface area contributed by atoms with Crippen molar-refractivity contribution in [3.05, 3.63) is 53.6 Å². The minimum absolute atomic E-state index is 0.280. The molecule has 2 aromatic rings. The summed E-state index contributed by atoms with van der Waals surface area (Å²) >= 11 is 0. The van der Waals surface area contributed by atoms with Crippen LogP contribution in [0.5, 0.6) is 11.5 Å². The first-order valence-corrected chi connectivity index (χ1v) is 9.27. The van der Waals surface area contributed by atoms with Gasteiger partial charge in [-0.15, -0.1) is 0 Å². The van der Waals surface area contributed by atoms with E-state index in [1.807, 2.05) is 31.2 Å². The monoisotopic (exact) mass is 349 g/mol. The molecule has 2 rings (SSSR count). The van der Waals surface area contributed by atoms with Gasteiger partial charge in [-0.25, -0.2) is 13.1 Å². The van der Waals surface area contributed by atoms with Crippen LogP contribution in [0, 0.1) is 0 Å². The summed E-state index contributed by atoms with van der Waals surface area (Å²) in [7, 11) is -0.330. The molecule has 0 saturated heterocycles. The zero-order valence-electron chi connectivity index (χ0n) is 14.2. The third-order valence-corrected chi connectivity index (χ3v) is 5.24. The van der Waals surface area contributed by atoms with Crippen molar-refractivity contribution in [3.63, 3.8) is 0 Å². The Morgan fingerprint density at radius 2 is 1.50 bits per heavy atom. The van der Waals surface area contributed by atoms with Gasteiger partial charge in [0.1, 0.15) is 11.5 Å². The summed E-state index contributed by atoms with van der Waals surface area (Å²) < 4.78 is 37.7. The minimum Gasteiger partial charge on any atom is -0.497 e. The Morgan fingerprint density at radius 1 is 0.917 bits per heavy atom. The normalized spacial score (nSPS) is 11.3. The predicted molar refractivity (Wildman–Crippen MR) is 94.3 cm³/mol. The summed E-state index contributed by atoms with van der Waals surface area (Å²) in [4.78, 5) is 0.280. The number of ether oxygens (including phenoxy) is 2. The number of hydrogen-bond donors (Lipinski definition) is 1. The Balaban J connectivity index is 2.02. The maximum absolute atomic E-state index is 12.3. The maximum atomic E-state index is 12.3. The van der Waals surface area contributed by atoms with E-state index >= 15 is 0 Å². The highest BCUT2D eigenvalue weighted by molar-refractivity contribution is 7.89. The zero-order chi connectivity index (χ0) is 17.6. The van der Waals surface area contributed by atoms with Crippen LogP contribution in [0.4, 0.5) is 0 Å². The molecule has 0 bridgehead atoms. The lowest BCUT2D eigenvalue weighted by Gasteiger charge is -2.10. The van der Waals surface area contributed by atoms with E-state index < -0.39 is 10.0 Å². The van der Waals surface area contributed by atoms with Crippen LogP contribution in [-0.2, 0) is 22.9 Å². The first-order chi connectivity index (χ1) is 11.5. The minimum atomic E-state index is -3.50. The Kier molecular flexibility index (Phi) is 6.23. The second-order valence-electron chi connectivity index (χ2n) is 5.37. The lowest BCUT2D eigenvalue weighted by Crippen LogP contribution is -2.26. The van der Waals surface area contributed by atoms with Gasteiger partial charge in [0.2, 0.25) is 10.0 Å². The van der Waals surface area contributed by atoms with Gasteiger partial charge in [-0.1, -0.05) is 19.1 Å². The number of sulfonamides is 1. The van der Waals surface area contributed by atoms with Gasteiger partial charge in [0.05, 0.1) is 19.1 Å². The number of rotatable bonds is 8. The van der Waals surface area contributed by atoms with E-state index in [1.54, 1.807) is 32.4 Å². The molecular formula is C18H23NO4S. The SMILES string of the molecule is CCc1ccc(S(=O)(=O)NCCc2cc(OC)cc(OC)c2)cc1. The van der Waals surface area contributed by atoms with Crippen LogP contribution in [0.2, 0.25) is 0 Å². The van der Waals surface area contributed by atoms with Crippen molar-refractivity contribution in [1.29, 1.82) is 0 Å². The van der Waals surface area contributed by atoms with Crippen LogP contribution in [-0.4, -0.2) is 29.2 Å². The van der Waals surface area contributed by atoms with Crippen LogP contribution >= 0.6 is 0 Å². The maximum Gasteiger partial charge on any atom is 0.240 e. The third kappa shape index (κ3) is 4.72.